The number of rotatable bonds is 7. The Morgan fingerprint density at radius 2 is 1.72 bits per heavy atom. The molecule has 0 fully saturated rings. The van der Waals surface area contributed by atoms with Crippen LogP contribution in [0.1, 0.15) is 45.1 Å². The maximum atomic E-state index is 12.4. The molecule has 0 saturated carbocycles. The fraction of sp³-hybridized carbons (Fsp3) is 0.100. The van der Waals surface area contributed by atoms with Crippen LogP contribution in [0.2, 0.25) is 5.02 Å². The highest BCUT2D eigenvalue weighted by Gasteiger charge is 2.30. The average Bonchev–Trinajstić information content (AvgIpc) is 3.39. The smallest absolute Gasteiger partial charge is 0.267 e. The molecule has 39 heavy (non-hydrogen) atoms. The molecule has 0 saturated heterocycles. The number of anilines is 1. The highest BCUT2D eigenvalue weighted by atomic mass is 35.5. The molecule has 9 heteroatoms. The lowest BCUT2D eigenvalue weighted by atomic mass is 9.98. The second-order valence-electron chi connectivity index (χ2n) is 9.09. The molecule has 5 rings (SSSR count). The molecule has 0 aromatic heterocycles. The molecule has 0 bridgehead atoms. The largest absolute Gasteiger partial charge is 0.282 e. The van der Waals surface area contributed by atoms with Crippen molar-refractivity contribution in [2.24, 2.45) is 10.2 Å². The number of nitro groups is 1. The number of amides is 1. The van der Waals surface area contributed by atoms with E-state index in [1.807, 2.05) is 53.5 Å². The van der Waals surface area contributed by atoms with E-state index in [0.717, 1.165) is 34.5 Å². The van der Waals surface area contributed by atoms with Crippen LogP contribution >= 0.6 is 11.6 Å². The normalized spacial score (nSPS) is 14.9. The fourth-order valence-corrected chi connectivity index (χ4v) is 4.50. The Labute approximate surface area is 230 Å². The molecule has 194 valence electrons. The summed E-state index contributed by atoms with van der Waals surface area (Å²) in [6.07, 6.45) is 2.23. The van der Waals surface area contributed by atoms with Crippen LogP contribution < -0.4 is 10.4 Å². The van der Waals surface area contributed by atoms with Crippen LogP contribution in [0.15, 0.2) is 107 Å². The summed E-state index contributed by atoms with van der Waals surface area (Å²) in [7, 11) is 0. The minimum atomic E-state index is -0.656. The van der Waals surface area contributed by atoms with Gasteiger partial charge in [0, 0.05) is 17.5 Å². The lowest BCUT2D eigenvalue weighted by molar-refractivity contribution is -0.385. The van der Waals surface area contributed by atoms with E-state index in [4.69, 9.17) is 16.7 Å². The van der Waals surface area contributed by atoms with E-state index in [9.17, 15) is 14.9 Å². The van der Waals surface area contributed by atoms with Crippen molar-refractivity contribution < 1.29 is 9.72 Å². The van der Waals surface area contributed by atoms with Crippen LogP contribution in [0.3, 0.4) is 0 Å². The van der Waals surface area contributed by atoms with Crippen molar-refractivity contribution in [2.45, 2.75) is 19.4 Å². The predicted octanol–water partition coefficient (Wildman–Crippen LogP) is 6.68. The van der Waals surface area contributed by atoms with Gasteiger partial charge in [0.2, 0.25) is 0 Å². The molecule has 0 spiro atoms. The lowest BCUT2D eigenvalue weighted by Gasteiger charge is -2.24. The van der Waals surface area contributed by atoms with Gasteiger partial charge >= 0.3 is 0 Å². The number of hydrogen-bond acceptors (Lipinski definition) is 6. The molecular formula is C30H24ClN5O3. The van der Waals surface area contributed by atoms with E-state index < -0.39 is 10.8 Å². The Morgan fingerprint density at radius 3 is 2.41 bits per heavy atom. The van der Waals surface area contributed by atoms with Gasteiger partial charge in [-0.2, -0.15) is 10.2 Å². The topological polar surface area (TPSA) is 100 Å². The number of nitro benzene ring substituents is 1. The molecule has 4 aromatic rings. The summed E-state index contributed by atoms with van der Waals surface area (Å²) in [4.78, 5) is 23.0. The van der Waals surface area contributed by atoms with Gasteiger partial charge in [-0.05, 0) is 53.9 Å². The molecule has 1 aliphatic rings. The van der Waals surface area contributed by atoms with Gasteiger partial charge < -0.3 is 0 Å². The summed E-state index contributed by atoms with van der Waals surface area (Å²) in [6, 6.07) is 29.5. The maximum Gasteiger partial charge on any atom is 0.282 e. The number of carbonyl (C=O) groups excluding carboxylic acids is 1. The SMILES string of the molecule is Cc1ccc(C2=NN(c3ccc(/C=N/NC(=O)c4ccccc4[N+](=O)[O-])cc3)[C@H](c3ccc(Cl)cc3)C2)cc1. The van der Waals surface area contributed by atoms with Gasteiger partial charge in [-0.3, -0.25) is 19.9 Å². The van der Waals surface area contributed by atoms with Crippen molar-refractivity contribution in [1.29, 1.82) is 0 Å². The van der Waals surface area contributed by atoms with Gasteiger partial charge in [0.15, 0.2) is 0 Å². The van der Waals surface area contributed by atoms with Crippen molar-refractivity contribution in [1.82, 2.24) is 5.43 Å². The first-order chi connectivity index (χ1) is 18.9. The second kappa shape index (κ2) is 11.3. The van der Waals surface area contributed by atoms with E-state index in [2.05, 4.69) is 41.7 Å². The third kappa shape index (κ3) is 5.86. The zero-order valence-electron chi connectivity index (χ0n) is 21.0. The van der Waals surface area contributed by atoms with Crippen molar-refractivity contribution in [3.8, 4) is 0 Å². The molecular weight excluding hydrogens is 514 g/mol. The van der Waals surface area contributed by atoms with Gasteiger partial charge in [-0.25, -0.2) is 5.43 Å². The Morgan fingerprint density at radius 1 is 1.03 bits per heavy atom. The number of para-hydroxylation sites is 1. The highest BCUT2D eigenvalue weighted by molar-refractivity contribution is 6.30. The van der Waals surface area contributed by atoms with Gasteiger partial charge in [-0.1, -0.05) is 77.8 Å². The molecule has 4 aromatic carbocycles. The van der Waals surface area contributed by atoms with Crippen molar-refractivity contribution in [2.75, 3.05) is 5.01 Å². The Hall–Kier alpha value is -4.82. The molecule has 0 unspecified atom stereocenters. The maximum absolute atomic E-state index is 12.4. The molecule has 1 atom stereocenters. The van der Waals surface area contributed by atoms with Crippen LogP contribution in [-0.2, 0) is 0 Å². The van der Waals surface area contributed by atoms with Crippen LogP contribution in [-0.4, -0.2) is 22.8 Å². The van der Waals surface area contributed by atoms with E-state index in [1.165, 1.54) is 30.0 Å². The highest BCUT2D eigenvalue weighted by Crippen LogP contribution is 2.37. The zero-order chi connectivity index (χ0) is 27.4. The number of benzene rings is 4. The number of nitrogens with zero attached hydrogens (tertiary/aromatic N) is 4. The van der Waals surface area contributed by atoms with Gasteiger partial charge in [0.05, 0.1) is 28.6 Å². The zero-order valence-corrected chi connectivity index (χ0v) is 21.7. The summed E-state index contributed by atoms with van der Waals surface area (Å²) in [5, 5.41) is 22.8. The van der Waals surface area contributed by atoms with E-state index in [0.29, 0.717) is 5.02 Å². The number of carbonyl (C=O) groups is 1. The summed E-state index contributed by atoms with van der Waals surface area (Å²) in [5.41, 5.74) is 8.05. The van der Waals surface area contributed by atoms with Crippen LogP contribution in [0.25, 0.3) is 0 Å². The summed E-state index contributed by atoms with van der Waals surface area (Å²) < 4.78 is 0. The van der Waals surface area contributed by atoms with Crippen molar-refractivity contribution in [3.63, 3.8) is 0 Å². The van der Waals surface area contributed by atoms with Crippen LogP contribution in [0.4, 0.5) is 11.4 Å². The van der Waals surface area contributed by atoms with E-state index in [1.54, 1.807) is 6.07 Å². The van der Waals surface area contributed by atoms with Crippen LogP contribution in [0.5, 0.6) is 0 Å². The molecule has 1 heterocycles. The summed E-state index contributed by atoms with van der Waals surface area (Å²) in [5.74, 6) is -0.656. The molecule has 0 aliphatic carbocycles. The second-order valence-corrected chi connectivity index (χ2v) is 9.53. The first kappa shape index (κ1) is 25.8. The predicted molar refractivity (Wildman–Crippen MR) is 154 cm³/mol. The quantitative estimate of drug-likeness (QED) is 0.161. The Balaban J connectivity index is 1.35. The minimum absolute atomic E-state index is 0.000891. The van der Waals surface area contributed by atoms with Crippen molar-refractivity contribution >= 4 is 40.8 Å². The van der Waals surface area contributed by atoms with Crippen LogP contribution in [0, 0.1) is 17.0 Å². The Bertz CT molecular complexity index is 1570. The molecule has 1 N–H and O–H groups in total. The lowest BCUT2D eigenvalue weighted by Crippen LogP contribution is -2.19. The molecule has 1 amide bonds. The number of hydrogen-bond donors (Lipinski definition) is 1. The van der Waals surface area contributed by atoms with E-state index >= 15 is 0 Å². The molecule has 0 radical (unpaired) electrons. The monoisotopic (exact) mass is 537 g/mol. The van der Waals surface area contributed by atoms with Gasteiger partial charge in [0.25, 0.3) is 11.6 Å². The van der Waals surface area contributed by atoms with E-state index in [-0.39, 0.29) is 17.3 Å². The first-order valence-corrected chi connectivity index (χ1v) is 12.6. The number of hydrazone groups is 2. The van der Waals surface area contributed by atoms with Gasteiger partial charge in [-0.15, -0.1) is 0 Å². The van der Waals surface area contributed by atoms with Gasteiger partial charge in [0.1, 0.15) is 5.56 Å². The first-order valence-electron chi connectivity index (χ1n) is 12.2. The number of halogens is 1. The summed E-state index contributed by atoms with van der Waals surface area (Å²) in [6.45, 7) is 2.06. The number of nitrogens with one attached hydrogen (secondary N) is 1. The number of aryl methyl sites for hydroxylation is 1. The average molecular weight is 538 g/mol. The molecule has 8 nitrogen and oxygen atoms in total. The third-order valence-electron chi connectivity index (χ3n) is 6.43. The molecule has 1 aliphatic heterocycles. The summed E-state index contributed by atoms with van der Waals surface area (Å²) >= 11 is 6.14. The standard InChI is InChI=1S/C30H24ClN5O3/c1-20-6-10-22(11-7-20)27-18-29(23-12-14-24(31)15-13-23)35(34-27)25-16-8-21(9-17-25)19-32-33-30(37)26-4-2-3-5-28(26)36(38)39/h2-17,19,29H,18H2,1H3,(H,33,37)/b32-19+/t29-/m0/s1. The fourth-order valence-electron chi connectivity index (χ4n) is 4.38. The third-order valence-corrected chi connectivity index (χ3v) is 6.68. The minimum Gasteiger partial charge on any atom is -0.267 e. The Kier molecular flexibility index (Phi) is 7.47. The van der Waals surface area contributed by atoms with Crippen molar-refractivity contribution in [3.05, 3.63) is 140 Å².